The maximum absolute atomic E-state index is 13.5. The largest absolute Gasteiger partial charge is 0.496 e. The van der Waals surface area contributed by atoms with E-state index in [0.29, 0.717) is 36.7 Å². The van der Waals surface area contributed by atoms with Crippen molar-refractivity contribution in [3.8, 4) is 11.8 Å². The molecule has 0 radical (unpaired) electrons. The molecule has 1 saturated heterocycles. The Balaban J connectivity index is 1.21. The van der Waals surface area contributed by atoms with Gasteiger partial charge in [0.15, 0.2) is 0 Å². The normalized spacial score (nSPS) is 31.5. The zero-order valence-corrected chi connectivity index (χ0v) is 19.6. The van der Waals surface area contributed by atoms with Crippen molar-refractivity contribution in [1.29, 1.82) is 5.26 Å². The van der Waals surface area contributed by atoms with Crippen LogP contribution in [0, 0.1) is 40.9 Å². The van der Waals surface area contributed by atoms with Gasteiger partial charge in [0, 0.05) is 29.3 Å². The van der Waals surface area contributed by atoms with Gasteiger partial charge in [-0.05, 0) is 55.2 Å². The number of rotatable bonds is 7. The lowest BCUT2D eigenvalue weighted by molar-refractivity contribution is -0.128. The molecule has 3 amide bonds. The predicted molar refractivity (Wildman–Crippen MR) is 126 cm³/mol. The number of carbonyl (C=O) groups is 3. The number of fused-ring (bicyclic) bond motifs is 6. The van der Waals surface area contributed by atoms with Crippen LogP contribution in [0.2, 0.25) is 0 Å². The fourth-order valence-electron chi connectivity index (χ4n) is 6.74. The summed E-state index contributed by atoms with van der Waals surface area (Å²) in [6.45, 7) is 0.662. The fourth-order valence-corrected chi connectivity index (χ4v) is 6.74. The average Bonchev–Trinajstić information content (AvgIpc) is 3.18. The first-order valence-corrected chi connectivity index (χ1v) is 12.4. The summed E-state index contributed by atoms with van der Waals surface area (Å²) in [7, 11) is 1.58. The predicted octanol–water partition coefficient (Wildman–Crippen LogP) is 1.86. The van der Waals surface area contributed by atoms with Crippen LogP contribution in [0.1, 0.15) is 42.6 Å². The van der Waals surface area contributed by atoms with Gasteiger partial charge < -0.3 is 25.7 Å². The number of nitrogens with one attached hydrogen (secondary N) is 4. The highest BCUT2D eigenvalue weighted by molar-refractivity contribution is 6.01. The average molecular weight is 476 g/mol. The van der Waals surface area contributed by atoms with E-state index in [2.05, 4.69) is 27.0 Å². The molecule has 2 aromatic rings. The number of carbonyl (C=O) groups excluding carboxylic acids is 3. The van der Waals surface area contributed by atoms with E-state index in [1.165, 1.54) is 0 Å². The number of methoxy groups -OCH3 is 1. The number of ether oxygens (including phenoxy) is 1. The molecule has 4 N–H and O–H groups in total. The number of nitriles is 1. The lowest BCUT2D eigenvalue weighted by Gasteiger charge is -2.37. The van der Waals surface area contributed by atoms with Crippen LogP contribution in [0.5, 0.6) is 5.75 Å². The van der Waals surface area contributed by atoms with Crippen molar-refractivity contribution in [2.75, 3.05) is 13.7 Å². The summed E-state index contributed by atoms with van der Waals surface area (Å²) in [6, 6.07) is 8.87. The molecular weight excluding hydrogens is 446 g/mol. The summed E-state index contributed by atoms with van der Waals surface area (Å²) in [4.78, 5) is 42.2. The minimum atomic E-state index is -1.06. The lowest BCUT2D eigenvalue weighted by atomic mass is 9.71. The molecule has 35 heavy (non-hydrogen) atoms. The monoisotopic (exact) mass is 475 g/mol. The van der Waals surface area contributed by atoms with Gasteiger partial charge in [0.05, 0.1) is 13.2 Å². The Morgan fingerprint density at radius 1 is 1.34 bits per heavy atom. The van der Waals surface area contributed by atoms with Crippen molar-refractivity contribution in [2.45, 2.75) is 43.7 Å². The molecule has 9 heteroatoms. The van der Waals surface area contributed by atoms with E-state index in [0.717, 1.165) is 30.2 Å². The Kier molecular flexibility index (Phi) is 5.02. The summed E-state index contributed by atoms with van der Waals surface area (Å²) in [5, 5.41) is 19.8. The molecule has 5 unspecified atom stereocenters. The number of H-pyrrole nitrogens is 1. The number of amides is 3. The van der Waals surface area contributed by atoms with Crippen LogP contribution in [0.15, 0.2) is 24.3 Å². The molecule has 1 aromatic heterocycles. The van der Waals surface area contributed by atoms with Crippen molar-refractivity contribution in [3.63, 3.8) is 0 Å². The maximum atomic E-state index is 13.5. The Bertz CT molecular complexity index is 1260. The molecule has 9 nitrogen and oxygen atoms in total. The van der Waals surface area contributed by atoms with Crippen molar-refractivity contribution in [3.05, 3.63) is 30.0 Å². The third kappa shape index (κ3) is 3.54. The van der Waals surface area contributed by atoms with Crippen LogP contribution in [-0.4, -0.2) is 47.9 Å². The Labute approximate surface area is 203 Å². The Morgan fingerprint density at radius 2 is 2.17 bits per heavy atom. The molecule has 6 rings (SSSR count). The van der Waals surface area contributed by atoms with Gasteiger partial charge in [-0.3, -0.25) is 14.4 Å². The molecule has 4 aliphatic rings. The zero-order chi connectivity index (χ0) is 24.3. The number of aromatic nitrogens is 1. The summed E-state index contributed by atoms with van der Waals surface area (Å²) >= 11 is 0. The molecule has 182 valence electrons. The van der Waals surface area contributed by atoms with Crippen LogP contribution in [0.3, 0.4) is 0 Å². The van der Waals surface area contributed by atoms with Crippen LogP contribution in [0.25, 0.3) is 10.9 Å². The van der Waals surface area contributed by atoms with Crippen LogP contribution in [-0.2, 0) is 9.59 Å². The van der Waals surface area contributed by atoms with E-state index in [9.17, 15) is 19.6 Å². The summed E-state index contributed by atoms with van der Waals surface area (Å²) in [5.74, 6) is 0.422. The highest BCUT2D eigenvalue weighted by Crippen LogP contribution is 2.58. The number of benzene rings is 1. The van der Waals surface area contributed by atoms with Crippen molar-refractivity contribution in [2.24, 2.45) is 29.6 Å². The number of hydrogen-bond acceptors (Lipinski definition) is 5. The van der Waals surface area contributed by atoms with Crippen LogP contribution in [0.4, 0.5) is 0 Å². The van der Waals surface area contributed by atoms with Gasteiger partial charge in [0.2, 0.25) is 11.8 Å². The molecule has 2 bridgehead atoms. The lowest BCUT2D eigenvalue weighted by Crippen LogP contribution is -2.59. The van der Waals surface area contributed by atoms with Crippen LogP contribution < -0.4 is 20.7 Å². The van der Waals surface area contributed by atoms with Gasteiger partial charge in [-0.25, -0.2) is 0 Å². The number of aromatic amines is 1. The minimum Gasteiger partial charge on any atom is -0.496 e. The smallest absolute Gasteiger partial charge is 0.268 e. The molecule has 3 saturated carbocycles. The van der Waals surface area contributed by atoms with E-state index in [-0.39, 0.29) is 41.4 Å². The molecule has 1 aromatic carbocycles. The van der Waals surface area contributed by atoms with Gasteiger partial charge in [0.1, 0.15) is 23.0 Å². The highest BCUT2D eigenvalue weighted by atomic mass is 16.5. The summed E-state index contributed by atoms with van der Waals surface area (Å²) < 4.78 is 5.39. The quantitative estimate of drug-likeness (QED) is 0.485. The van der Waals surface area contributed by atoms with E-state index < -0.39 is 11.6 Å². The molecule has 4 fully saturated rings. The molecular formula is C26H29N5O4. The van der Waals surface area contributed by atoms with Gasteiger partial charge in [-0.2, -0.15) is 5.26 Å². The highest BCUT2D eigenvalue weighted by Gasteiger charge is 2.65. The molecule has 6 atom stereocenters. The van der Waals surface area contributed by atoms with E-state index in [1.54, 1.807) is 13.2 Å². The third-order valence-electron chi connectivity index (χ3n) is 8.61. The van der Waals surface area contributed by atoms with Gasteiger partial charge in [-0.15, -0.1) is 0 Å². The van der Waals surface area contributed by atoms with Crippen molar-refractivity contribution < 1.29 is 19.1 Å². The fraction of sp³-hybridized carbons (Fsp3) is 0.538. The first-order valence-electron chi connectivity index (χ1n) is 12.4. The Morgan fingerprint density at radius 3 is 2.91 bits per heavy atom. The first kappa shape index (κ1) is 22.0. The van der Waals surface area contributed by atoms with Gasteiger partial charge in [-0.1, -0.05) is 18.9 Å². The van der Waals surface area contributed by atoms with Gasteiger partial charge >= 0.3 is 0 Å². The first-order chi connectivity index (χ1) is 16.9. The minimum absolute atomic E-state index is 0.00635. The van der Waals surface area contributed by atoms with Crippen molar-refractivity contribution >= 4 is 28.6 Å². The second-order valence-electron chi connectivity index (χ2n) is 10.6. The van der Waals surface area contributed by atoms with Crippen LogP contribution >= 0.6 is 0 Å². The molecule has 1 aliphatic heterocycles. The number of hydrogen-bond donors (Lipinski definition) is 4. The van der Waals surface area contributed by atoms with E-state index >= 15 is 0 Å². The second-order valence-corrected chi connectivity index (χ2v) is 10.6. The van der Waals surface area contributed by atoms with E-state index in [1.807, 2.05) is 18.2 Å². The van der Waals surface area contributed by atoms with E-state index in [4.69, 9.17) is 4.74 Å². The standard InChI is InChI=1S/C26H29N5O4/c1-35-21-4-2-3-18-15(21)9-20(29-18)23(32)30-19(7-13-5-6-13)24(33)31-26(12-27)10-14-8-17(26)22-16(14)11-28-25(22)34/h2-4,9,13-14,16-17,19,22,29H,5-8,10-11H2,1H3,(H,28,34)(H,30,32)(H,31,33)/t14?,16?,17?,19?,22?,26-/m1/s1. The molecule has 0 spiro atoms. The summed E-state index contributed by atoms with van der Waals surface area (Å²) in [5.41, 5.74) is 0.0528. The zero-order valence-electron chi connectivity index (χ0n) is 19.6. The molecule has 3 aliphatic carbocycles. The maximum Gasteiger partial charge on any atom is 0.268 e. The van der Waals surface area contributed by atoms with Gasteiger partial charge in [0.25, 0.3) is 5.91 Å². The molecule has 2 heterocycles. The number of nitrogens with zero attached hydrogens (tertiary/aromatic N) is 1. The summed E-state index contributed by atoms with van der Waals surface area (Å²) in [6.07, 6.45) is 3.93. The second kappa shape index (κ2) is 8.01. The topological polar surface area (TPSA) is 136 Å². The Hall–Kier alpha value is -3.54. The van der Waals surface area contributed by atoms with Crippen molar-refractivity contribution in [1.82, 2.24) is 20.9 Å². The third-order valence-corrected chi connectivity index (χ3v) is 8.61. The SMILES string of the molecule is COc1cccc2[nH]c(C(=O)NC(CC3CC3)C(=O)N[C@@]3(C#N)CC4CC3C3C(=O)NCC43)cc12.